The van der Waals surface area contributed by atoms with E-state index in [1.54, 1.807) is 21.1 Å². The van der Waals surface area contributed by atoms with Gasteiger partial charge in [0.2, 0.25) is 0 Å². The zero-order valence-electron chi connectivity index (χ0n) is 39.0. The molecule has 0 spiro atoms. The summed E-state index contributed by atoms with van der Waals surface area (Å²) in [6.45, 7) is 57.3. The van der Waals surface area contributed by atoms with Gasteiger partial charge in [0.05, 0.1) is 0 Å². The van der Waals surface area contributed by atoms with Crippen LogP contribution in [0, 0.1) is 0 Å². The van der Waals surface area contributed by atoms with Gasteiger partial charge in [-0.05, 0) is 0 Å². The van der Waals surface area contributed by atoms with Crippen molar-refractivity contribution in [3.63, 3.8) is 0 Å². The predicted molar refractivity (Wildman–Crippen MR) is 265 cm³/mol. The zero-order valence-corrected chi connectivity index (χ0v) is 47.1. The van der Waals surface area contributed by atoms with Crippen LogP contribution < -0.4 is 13.2 Å². The first kappa shape index (κ1) is 45.9. The van der Waals surface area contributed by atoms with Crippen molar-refractivity contribution in [1.29, 1.82) is 0 Å². The van der Waals surface area contributed by atoms with Gasteiger partial charge >= 0.3 is 345 Å². The molecule has 0 saturated carbocycles. The molecule has 54 heavy (non-hydrogen) atoms. The van der Waals surface area contributed by atoms with E-state index in [4.69, 9.17) is 0 Å². The Balaban J connectivity index is 2.57. The Hall–Kier alpha value is -0.826. The molecule has 1 aliphatic heterocycles. The van der Waals surface area contributed by atoms with Gasteiger partial charge in [0.25, 0.3) is 0 Å². The third kappa shape index (κ3) is 8.36. The second kappa shape index (κ2) is 15.1. The Morgan fingerprint density at radius 3 is 1.09 bits per heavy atom. The minimum atomic E-state index is -4.08. The quantitative estimate of drug-likeness (QED) is 0.156. The maximum atomic E-state index is 16.2. The van der Waals surface area contributed by atoms with E-state index in [-0.39, 0.29) is 0 Å². The summed E-state index contributed by atoms with van der Waals surface area (Å²) >= 11 is -4.08. The normalized spacial score (nSPS) is 17.6. The van der Waals surface area contributed by atoms with Crippen molar-refractivity contribution in [2.45, 2.75) is 173 Å². The third-order valence-electron chi connectivity index (χ3n) is 12.4. The van der Waals surface area contributed by atoms with Crippen molar-refractivity contribution >= 4 is 79.5 Å². The van der Waals surface area contributed by atoms with Gasteiger partial charge in [-0.25, -0.2) is 0 Å². The maximum absolute atomic E-state index is 16.2. The summed E-state index contributed by atoms with van der Waals surface area (Å²) in [6.07, 6.45) is 0. The number of rotatable bonds is 13. The molecule has 1 nitrogen and oxygen atoms in total. The number of benzene rings is 3. The molecule has 0 radical (unpaired) electrons. The molecule has 1 unspecified atom stereocenters. The van der Waals surface area contributed by atoms with Gasteiger partial charge in [0.15, 0.2) is 0 Å². The predicted octanol–water partition coefficient (Wildman–Crippen LogP) is 12.7. The first-order valence-electron chi connectivity index (χ1n) is 21.2. The molecule has 1 aliphatic rings. The molecule has 1 heterocycles. The van der Waals surface area contributed by atoms with E-state index in [1.165, 1.54) is 19.9 Å². The molecule has 0 fully saturated rings. The van der Waals surface area contributed by atoms with E-state index < -0.39 is 61.7 Å². The summed E-state index contributed by atoms with van der Waals surface area (Å²) in [5.41, 5.74) is 8.87. The van der Waals surface area contributed by atoms with Crippen LogP contribution in [0.5, 0.6) is 0 Å². The van der Waals surface area contributed by atoms with Crippen molar-refractivity contribution in [2.24, 2.45) is 0 Å². The summed E-state index contributed by atoms with van der Waals surface area (Å²) < 4.78 is 5.10. The molecule has 1 atom stereocenters. The van der Waals surface area contributed by atoms with Crippen molar-refractivity contribution in [1.82, 2.24) is 0 Å². The Morgan fingerprint density at radius 2 is 0.759 bits per heavy atom. The van der Waals surface area contributed by atoms with Gasteiger partial charge in [-0.1, -0.05) is 0 Å². The molecule has 8 heteroatoms. The molecular formula is C46H80GeOSi6. The van der Waals surface area contributed by atoms with Crippen molar-refractivity contribution in [2.75, 3.05) is 0 Å². The Kier molecular flexibility index (Phi) is 12.8. The van der Waals surface area contributed by atoms with Crippen LogP contribution >= 0.6 is 0 Å². The fraction of sp³-hybridized carbons (Fsp3) is 0.587. The molecule has 3 aromatic carbocycles. The van der Waals surface area contributed by atoms with Crippen LogP contribution in [0.3, 0.4) is 0 Å². The molecule has 0 aliphatic carbocycles. The van der Waals surface area contributed by atoms with Gasteiger partial charge in [-0.15, -0.1) is 0 Å². The number of hydrogen-bond donors (Lipinski definition) is 0. The van der Waals surface area contributed by atoms with Gasteiger partial charge < -0.3 is 0 Å². The van der Waals surface area contributed by atoms with Crippen LogP contribution in [-0.4, -0.2) is 66.3 Å². The average Bonchev–Trinajstić information content (AvgIpc) is 2.93. The minimum absolute atomic E-state index is 0.339. The van der Waals surface area contributed by atoms with Crippen LogP contribution in [0.2, 0.25) is 118 Å². The standard InChI is InChI=1S/C46H80GeOSi6/c1-32(2)35-27-25-28-36(33(3)4)41(35)47(40-29-24-23-26-37(40)43(47)48)42-38(45(51(11,12)13)52(14,15)16)30-34(44(49(5,6)7)50(8,9)10)31-39(42)46(53(17,18)19)54(20,21)22/h23-33,44-46H,1-22H3. The molecule has 3 aromatic rings. The van der Waals surface area contributed by atoms with Crippen molar-refractivity contribution in [3.05, 3.63) is 88.0 Å². The summed E-state index contributed by atoms with van der Waals surface area (Å²) in [7, 11) is -10.6. The van der Waals surface area contributed by atoms with Gasteiger partial charge in [-0.2, -0.15) is 0 Å². The molecule has 0 aromatic heterocycles. The summed E-state index contributed by atoms with van der Waals surface area (Å²) in [4.78, 5) is 16.2. The number of carbonyl (C=O) groups excluding carboxylic acids is 1. The fourth-order valence-electron chi connectivity index (χ4n) is 12.4. The van der Waals surface area contributed by atoms with E-state index in [2.05, 4.69) is 200 Å². The van der Waals surface area contributed by atoms with E-state index >= 15 is 4.79 Å². The van der Waals surface area contributed by atoms with Gasteiger partial charge in [0, 0.05) is 0 Å². The average molecular weight is 890 g/mol. The van der Waals surface area contributed by atoms with Crippen LogP contribution in [0.4, 0.5) is 0 Å². The first-order chi connectivity index (χ1) is 24.2. The van der Waals surface area contributed by atoms with Crippen LogP contribution in [0.1, 0.15) is 93.2 Å². The Bertz CT molecular complexity index is 1750. The number of fused-ring (bicyclic) bond motifs is 1. The zero-order chi connectivity index (χ0) is 41.5. The van der Waals surface area contributed by atoms with Crippen LogP contribution in [0.15, 0.2) is 54.6 Å². The number of hydrogen-bond acceptors (Lipinski definition) is 1. The summed E-state index contributed by atoms with van der Waals surface area (Å²) in [6, 6.07) is 21.8. The van der Waals surface area contributed by atoms with E-state index in [0.29, 0.717) is 31.9 Å². The first-order valence-corrected chi connectivity index (χ1v) is 46.8. The van der Waals surface area contributed by atoms with E-state index in [0.717, 1.165) is 5.56 Å². The second-order valence-electron chi connectivity index (χ2n) is 24.3. The SMILES string of the molecule is CC(C)c1cccc(C(C)C)[c]1[Ge]1([c]2c(C([Si](C)(C)C)[Si](C)(C)C)cc(C([Si](C)(C)C)[Si](C)(C)C)cc2C([Si](C)(C)C)[Si](C)(C)C)[C](=O)c2cccc[c]21. The molecule has 0 amide bonds. The van der Waals surface area contributed by atoms with Gasteiger partial charge in [0.1, 0.15) is 0 Å². The molecule has 0 bridgehead atoms. The second-order valence-corrected chi connectivity index (χ2v) is 65.2. The van der Waals surface area contributed by atoms with Crippen molar-refractivity contribution in [3.8, 4) is 0 Å². The van der Waals surface area contributed by atoms with Crippen LogP contribution in [-0.2, 0) is 0 Å². The van der Waals surface area contributed by atoms with Crippen molar-refractivity contribution < 1.29 is 4.79 Å². The Labute approximate surface area is 342 Å². The summed E-state index contributed by atoms with van der Waals surface area (Å²) in [5, 5.41) is 1.73. The van der Waals surface area contributed by atoms with E-state index in [9.17, 15) is 0 Å². The van der Waals surface area contributed by atoms with E-state index in [1.807, 2.05) is 0 Å². The van der Waals surface area contributed by atoms with Crippen LogP contribution in [0.25, 0.3) is 0 Å². The molecule has 0 N–H and O–H groups in total. The molecular weight excluding hydrogens is 810 g/mol. The monoisotopic (exact) mass is 890 g/mol. The molecule has 4 rings (SSSR count). The topological polar surface area (TPSA) is 17.1 Å². The number of carbonyl (C=O) groups is 1. The summed E-state index contributed by atoms with van der Waals surface area (Å²) in [5.74, 6) is 0.677. The van der Waals surface area contributed by atoms with Gasteiger partial charge in [-0.3, -0.25) is 0 Å². The molecule has 298 valence electrons. The Morgan fingerprint density at radius 1 is 0.426 bits per heavy atom. The fourth-order valence-corrected chi connectivity index (χ4v) is 63.9. The third-order valence-corrected chi connectivity index (χ3v) is 50.5. The molecule has 0 saturated heterocycles.